The minimum Gasteiger partial charge on any atom is -0.458 e. The molecule has 0 aromatic heterocycles. The van der Waals surface area contributed by atoms with E-state index in [1.807, 2.05) is 18.2 Å². The van der Waals surface area contributed by atoms with Crippen molar-refractivity contribution in [3.63, 3.8) is 0 Å². The summed E-state index contributed by atoms with van der Waals surface area (Å²) in [5.41, 5.74) is 0.641. The number of nitrogens with one attached hydrogen (secondary N) is 2. The average Bonchev–Trinajstić information content (AvgIpc) is 2.39. The summed E-state index contributed by atoms with van der Waals surface area (Å²) in [6, 6.07) is 9.23. The lowest BCUT2D eigenvalue weighted by atomic mass is 9.83. The summed E-state index contributed by atoms with van der Waals surface area (Å²) in [5, 5.41) is 6.80. The number of carbonyl (C=O) groups is 1. The molecule has 2 aliphatic rings. The Morgan fingerprint density at radius 3 is 2.11 bits per heavy atom. The van der Waals surface area contributed by atoms with Crippen molar-refractivity contribution in [3.05, 3.63) is 35.9 Å². The van der Waals surface area contributed by atoms with Crippen molar-refractivity contribution < 1.29 is 9.53 Å². The molecule has 0 saturated carbocycles. The summed E-state index contributed by atoms with van der Waals surface area (Å²) in [5.74, 6) is 0.592. The Hall–Kier alpha value is -1.39. The molecule has 0 aliphatic carbocycles. The van der Waals surface area contributed by atoms with Gasteiger partial charge in [-0.15, -0.1) is 0 Å². The van der Waals surface area contributed by atoms with Gasteiger partial charge in [0.25, 0.3) is 0 Å². The quantitative estimate of drug-likeness (QED) is 0.752. The van der Waals surface area contributed by atoms with E-state index in [1.165, 1.54) is 0 Å². The van der Waals surface area contributed by atoms with Gasteiger partial charge in [-0.05, 0) is 12.1 Å². The lowest BCUT2D eigenvalue weighted by molar-refractivity contribution is -0.0298. The first-order valence-electron chi connectivity index (χ1n) is 6.52. The van der Waals surface area contributed by atoms with Crippen LogP contribution in [0.15, 0.2) is 30.3 Å². The van der Waals surface area contributed by atoms with Crippen LogP contribution in [0, 0.1) is 11.8 Å². The van der Waals surface area contributed by atoms with Crippen molar-refractivity contribution in [2.75, 3.05) is 26.2 Å². The summed E-state index contributed by atoms with van der Waals surface area (Å²) in [7, 11) is 0. The number of carbonyl (C=O) groups excluding carboxylic acids is 1. The molecule has 0 radical (unpaired) electrons. The summed E-state index contributed by atoms with van der Waals surface area (Å²) >= 11 is 0. The van der Waals surface area contributed by atoms with Gasteiger partial charge in [-0.2, -0.15) is 0 Å². The monoisotopic (exact) mass is 246 g/mol. The third kappa shape index (κ3) is 2.26. The van der Waals surface area contributed by atoms with E-state index < -0.39 is 0 Å². The van der Waals surface area contributed by atoms with E-state index in [2.05, 4.69) is 10.6 Å². The van der Waals surface area contributed by atoms with Crippen LogP contribution in [0.5, 0.6) is 0 Å². The van der Waals surface area contributed by atoms with E-state index in [0.717, 1.165) is 26.2 Å². The minimum atomic E-state index is -0.195. The van der Waals surface area contributed by atoms with Crippen molar-refractivity contribution in [2.45, 2.75) is 6.10 Å². The molecule has 0 spiro atoms. The fraction of sp³-hybridized carbons (Fsp3) is 0.500. The average molecular weight is 246 g/mol. The Bertz CT molecular complexity index is 399. The Kier molecular flexibility index (Phi) is 3.30. The normalized spacial score (nSPS) is 30.8. The van der Waals surface area contributed by atoms with Crippen LogP contribution in [-0.4, -0.2) is 38.3 Å². The number of benzene rings is 1. The molecule has 2 aliphatic heterocycles. The molecule has 2 N–H and O–H groups in total. The van der Waals surface area contributed by atoms with Gasteiger partial charge in [0.2, 0.25) is 0 Å². The van der Waals surface area contributed by atoms with E-state index in [-0.39, 0.29) is 12.1 Å². The smallest absolute Gasteiger partial charge is 0.338 e. The van der Waals surface area contributed by atoms with Crippen LogP contribution in [0.25, 0.3) is 0 Å². The van der Waals surface area contributed by atoms with Crippen LogP contribution >= 0.6 is 0 Å². The number of hydrogen-bond acceptors (Lipinski definition) is 4. The molecule has 1 aromatic rings. The molecule has 2 fully saturated rings. The van der Waals surface area contributed by atoms with E-state index in [4.69, 9.17) is 4.74 Å². The molecule has 3 rings (SSSR count). The molecule has 0 amide bonds. The number of fused-ring (bicyclic) bond motifs is 2. The fourth-order valence-electron chi connectivity index (χ4n) is 2.86. The molecule has 1 aromatic carbocycles. The van der Waals surface area contributed by atoms with Gasteiger partial charge in [0.1, 0.15) is 6.10 Å². The second-order valence-corrected chi connectivity index (χ2v) is 5.07. The third-order valence-corrected chi connectivity index (χ3v) is 3.81. The highest BCUT2D eigenvalue weighted by Gasteiger charge is 2.38. The van der Waals surface area contributed by atoms with Crippen LogP contribution in [0.1, 0.15) is 10.4 Å². The van der Waals surface area contributed by atoms with Crippen molar-refractivity contribution in [2.24, 2.45) is 11.8 Å². The lowest BCUT2D eigenvalue weighted by Crippen LogP contribution is -2.59. The molecule has 4 nitrogen and oxygen atoms in total. The molecule has 2 heterocycles. The highest BCUT2D eigenvalue weighted by atomic mass is 16.5. The van der Waals surface area contributed by atoms with Gasteiger partial charge in [0, 0.05) is 38.0 Å². The molecule has 18 heavy (non-hydrogen) atoms. The van der Waals surface area contributed by atoms with Gasteiger partial charge in [0.05, 0.1) is 5.56 Å². The highest BCUT2D eigenvalue weighted by Crippen LogP contribution is 2.24. The van der Waals surface area contributed by atoms with Gasteiger partial charge >= 0.3 is 5.97 Å². The number of rotatable bonds is 2. The molecule has 4 heteroatoms. The minimum absolute atomic E-state index is 0.0557. The molecular weight excluding hydrogens is 228 g/mol. The summed E-state index contributed by atoms with van der Waals surface area (Å²) in [4.78, 5) is 12.1. The lowest BCUT2D eigenvalue weighted by Gasteiger charge is -2.42. The van der Waals surface area contributed by atoms with Gasteiger partial charge < -0.3 is 15.4 Å². The number of piperidine rings is 2. The molecule has 96 valence electrons. The highest BCUT2D eigenvalue weighted by molar-refractivity contribution is 5.89. The molecular formula is C14H18N2O2. The molecule has 0 atom stereocenters. The standard InChI is InChI=1S/C14H18N2O2/c17-14(10-4-2-1-3-5-10)18-13-11-6-15-8-12(13)9-16-7-11/h1-5,11-13,15-16H,6-9H2. The Labute approximate surface area is 107 Å². The molecule has 2 saturated heterocycles. The summed E-state index contributed by atoms with van der Waals surface area (Å²) in [6.45, 7) is 3.71. The maximum absolute atomic E-state index is 12.1. The number of ether oxygens (including phenoxy) is 1. The van der Waals surface area contributed by atoms with E-state index >= 15 is 0 Å². The fourth-order valence-corrected chi connectivity index (χ4v) is 2.86. The topological polar surface area (TPSA) is 50.4 Å². The first-order chi connectivity index (χ1) is 8.84. The third-order valence-electron chi connectivity index (χ3n) is 3.81. The molecule has 0 unspecified atom stereocenters. The van der Waals surface area contributed by atoms with Crippen molar-refractivity contribution in [1.82, 2.24) is 10.6 Å². The first kappa shape index (κ1) is 11.7. The second-order valence-electron chi connectivity index (χ2n) is 5.07. The summed E-state index contributed by atoms with van der Waals surface area (Å²) < 4.78 is 5.73. The van der Waals surface area contributed by atoms with Crippen LogP contribution in [0.4, 0.5) is 0 Å². The maximum atomic E-state index is 12.1. The van der Waals surface area contributed by atoms with Gasteiger partial charge in [-0.25, -0.2) is 4.79 Å². The van der Waals surface area contributed by atoms with Crippen LogP contribution in [-0.2, 0) is 4.74 Å². The Morgan fingerprint density at radius 1 is 1.00 bits per heavy atom. The van der Waals surface area contributed by atoms with Crippen molar-refractivity contribution in [3.8, 4) is 0 Å². The molecule has 2 bridgehead atoms. The van der Waals surface area contributed by atoms with Crippen LogP contribution in [0.2, 0.25) is 0 Å². The first-order valence-corrected chi connectivity index (χ1v) is 6.52. The zero-order chi connectivity index (χ0) is 12.4. The van der Waals surface area contributed by atoms with E-state index in [9.17, 15) is 4.79 Å². The van der Waals surface area contributed by atoms with Crippen molar-refractivity contribution >= 4 is 5.97 Å². The maximum Gasteiger partial charge on any atom is 0.338 e. The van der Waals surface area contributed by atoms with Crippen LogP contribution in [0.3, 0.4) is 0 Å². The van der Waals surface area contributed by atoms with Gasteiger partial charge in [-0.3, -0.25) is 0 Å². The van der Waals surface area contributed by atoms with Crippen molar-refractivity contribution in [1.29, 1.82) is 0 Å². The van der Waals surface area contributed by atoms with E-state index in [0.29, 0.717) is 17.4 Å². The Balaban J connectivity index is 1.70. The van der Waals surface area contributed by atoms with Crippen LogP contribution < -0.4 is 10.6 Å². The van der Waals surface area contributed by atoms with Gasteiger partial charge in [0.15, 0.2) is 0 Å². The zero-order valence-electron chi connectivity index (χ0n) is 10.3. The number of esters is 1. The predicted octanol–water partition coefficient (Wildman–Crippen LogP) is 0.651. The van der Waals surface area contributed by atoms with E-state index in [1.54, 1.807) is 12.1 Å². The van der Waals surface area contributed by atoms with Gasteiger partial charge in [-0.1, -0.05) is 18.2 Å². The number of hydrogen-bond donors (Lipinski definition) is 2. The predicted molar refractivity (Wildman–Crippen MR) is 68.4 cm³/mol. The SMILES string of the molecule is O=C(OC1C2CNCC1CNC2)c1ccccc1. The zero-order valence-corrected chi connectivity index (χ0v) is 10.3. The largest absolute Gasteiger partial charge is 0.458 e. The Morgan fingerprint density at radius 2 is 1.56 bits per heavy atom. The second kappa shape index (κ2) is 5.08. The summed E-state index contributed by atoms with van der Waals surface area (Å²) in [6.07, 6.45) is 0.0557.